The third-order valence-corrected chi connectivity index (χ3v) is 4.43. The first kappa shape index (κ1) is 30.2. The summed E-state index contributed by atoms with van der Waals surface area (Å²) in [4.78, 5) is 14.4. The van der Waals surface area contributed by atoms with Crippen molar-refractivity contribution in [3.63, 3.8) is 0 Å². The topological polar surface area (TPSA) is 75.7 Å². The Hall–Kier alpha value is -0.770. The molecule has 0 heterocycles. The number of carbonyl (C=O) groups excluding carboxylic acids is 1. The Morgan fingerprint density at radius 2 is 0.968 bits per heavy atom. The first-order valence-electron chi connectivity index (χ1n) is 12.0. The molecule has 1 amide bonds. The third-order valence-electron chi connectivity index (χ3n) is 4.43. The molecule has 0 rings (SSSR count). The maximum atomic E-state index is 12.5. The summed E-state index contributed by atoms with van der Waals surface area (Å²) in [5, 5.41) is 0. The molecule has 0 spiro atoms. The fourth-order valence-corrected chi connectivity index (χ4v) is 2.53. The van der Waals surface area contributed by atoms with Crippen LogP contribution in [0, 0.1) is 0 Å². The van der Waals surface area contributed by atoms with Crippen LogP contribution < -0.4 is 0 Å². The minimum absolute atomic E-state index is 0.0711. The maximum absolute atomic E-state index is 12.5. The van der Waals surface area contributed by atoms with Crippen molar-refractivity contribution in [3.8, 4) is 0 Å². The number of hydrogen-bond donors (Lipinski definition) is 0. The molecule has 0 aromatic carbocycles. The summed E-state index contributed by atoms with van der Waals surface area (Å²) in [6, 6.07) is 0. The van der Waals surface area contributed by atoms with E-state index >= 15 is 0 Å². The van der Waals surface area contributed by atoms with Crippen molar-refractivity contribution >= 4 is 5.91 Å². The van der Waals surface area contributed by atoms with Crippen molar-refractivity contribution < 1.29 is 33.2 Å². The van der Waals surface area contributed by atoms with Gasteiger partial charge in [-0.05, 0) is 19.8 Å². The van der Waals surface area contributed by atoms with E-state index in [0.717, 1.165) is 38.9 Å². The molecule has 0 aliphatic heterocycles. The molecule has 0 unspecified atom stereocenters. The van der Waals surface area contributed by atoms with Gasteiger partial charge in [-0.15, -0.1) is 0 Å². The van der Waals surface area contributed by atoms with Crippen LogP contribution in [0.3, 0.4) is 0 Å². The second kappa shape index (κ2) is 25.5. The number of rotatable bonds is 25. The van der Waals surface area contributed by atoms with Crippen LogP contribution in [0.25, 0.3) is 0 Å². The van der Waals surface area contributed by atoms with E-state index in [2.05, 4.69) is 13.8 Å². The van der Waals surface area contributed by atoms with Crippen LogP contribution >= 0.6 is 0 Å². The average molecular weight is 450 g/mol. The summed E-state index contributed by atoms with van der Waals surface area (Å²) in [6.07, 6.45) is 4.66. The lowest BCUT2D eigenvalue weighted by Crippen LogP contribution is -2.37. The minimum atomic E-state index is 0.0711. The standard InChI is InChI=1S/C23H47NO7/c1-4-7-12-27-15-10-24(11-16-28-13-8-5-2)23(25)9-14-29-19-20-31-22-21-30-18-17-26-6-3/h4-22H2,1-3H3. The van der Waals surface area contributed by atoms with Crippen molar-refractivity contribution in [1.29, 1.82) is 0 Å². The lowest BCUT2D eigenvalue weighted by Gasteiger charge is -2.23. The molecular formula is C23H47NO7. The van der Waals surface area contributed by atoms with Crippen molar-refractivity contribution in [2.75, 3.05) is 92.4 Å². The molecule has 0 aliphatic carbocycles. The zero-order chi connectivity index (χ0) is 22.8. The van der Waals surface area contributed by atoms with Crippen LogP contribution in [-0.4, -0.2) is 103 Å². The Labute approximate surface area is 189 Å². The van der Waals surface area contributed by atoms with Gasteiger partial charge < -0.3 is 33.3 Å². The van der Waals surface area contributed by atoms with E-state index in [4.69, 9.17) is 28.4 Å². The Morgan fingerprint density at radius 3 is 1.42 bits per heavy atom. The molecule has 0 bridgehead atoms. The quantitative estimate of drug-likeness (QED) is 0.198. The fourth-order valence-electron chi connectivity index (χ4n) is 2.53. The number of unbranched alkanes of at least 4 members (excludes halogenated alkanes) is 2. The lowest BCUT2D eigenvalue weighted by atomic mass is 10.3. The Bertz CT molecular complexity index is 358. The molecule has 31 heavy (non-hydrogen) atoms. The first-order chi connectivity index (χ1) is 15.3. The van der Waals surface area contributed by atoms with Gasteiger partial charge in [-0.25, -0.2) is 0 Å². The molecule has 186 valence electrons. The van der Waals surface area contributed by atoms with Gasteiger partial charge >= 0.3 is 0 Å². The predicted molar refractivity (Wildman–Crippen MR) is 122 cm³/mol. The van der Waals surface area contributed by atoms with Gasteiger partial charge in [-0.1, -0.05) is 26.7 Å². The van der Waals surface area contributed by atoms with Crippen LogP contribution in [0.2, 0.25) is 0 Å². The van der Waals surface area contributed by atoms with E-state index in [1.165, 1.54) is 0 Å². The molecular weight excluding hydrogens is 402 g/mol. The van der Waals surface area contributed by atoms with Crippen molar-refractivity contribution in [1.82, 2.24) is 4.90 Å². The lowest BCUT2D eigenvalue weighted by molar-refractivity contribution is -0.134. The van der Waals surface area contributed by atoms with Gasteiger partial charge in [-0.2, -0.15) is 0 Å². The predicted octanol–water partition coefficient (Wildman–Crippen LogP) is 2.92. The van der Waals surface area contributed by atoms with Crippen LogP contribution in [0.1, 0.15) is 52.9 Å². The Kier molecular flexibility index (Phi) is 24.9. The van der Waals surface area contributed by atoms with E-state index in [-0.39, 0.29) is 5.91 Å². The molecule has 8 nitrogen and oxygen atoms in total. The van der Waals surface area contributed by atoms with Gasteiger partial charge in [0.25, 0.3) is 0 Å². The number of carbonyl (C=O) groups is 1. The van der Waals surface area contributed by atoms with Gasteiger partial charge in [0.15, 0.2) is 0 Å². The van der Waals surface area contributed by atoms with Crippen LogP contribution in [0.4, 0.5) is 0 Å². The second-order valence-electron chi connectivity index (χ2n) is 7.10. The highest BCUT2D eigenvalue weighted by atomic mass is 16.6. The summed E-state index contributed by atoms with van der Waals surface area (Å²) in [5.74, 6) is 0.0711. The summed E-state index contributed by atoms with van der Waals surface area (Å²) in [5.41, 5.74) is 0. The third kappa shape index (κ3) is 22.2. The van der Waals surface area contributed by atoms with E-state index in [1.807, 2.05) is 11.8 Å². The smallest absolute Gasteiger partial charge is 0.225 e. The number of amides is 1. The fraction of sp³-hybridized carbons (Fsp3) is 0.957. The van der Waals surface area contributed by atoms with Crippen LogP contribution in [-0.2, 0) is 33.2 Å². The zero-order valence-corrected chi connectivity index (χ0v) is 20.2. The number of ether oxygens (including phenoxy) is 6. The maximum Gasteiger partial charge on any atom is 0.225 e. The molecule has 0 atom stereocenters. The van der Waals surface area contributed by atoms with E-state index < -0.39 is 0 Å². The molecule has 0 fully saturated rings. The van der Waals surface area contributed by atoms with Crippen LogP contribution in [0.5, 0.6) is 0 Å². The van der Waals surface area contributed by atoms with E-state index in [9.17, 15) is 4.79 Å². The monoisotopic (exact) mass is 449 g/mol. The van der Waals surface area contributed by atoms with E-state index in [0.29, 0.717) is 85.6 Å². The molecule has 0 saturated carbocycles. The Morgan fingerprint density at radius 1 is 0.548 bits per heavy atom. The highest BCUT2D eigenvalue weighted by molar-refractivity contribution is 5.76. The Balaban J connectivity index is 3.82. The van der Waals surface area contributed by atoms with Gasteiger partial charge in [-0.3, -0.25) is 4.79 Å². The van der Waals surface area contributed by atoms with Gasteiger partial charge in [0.2, 0.25) is 5.91 Å². The number of nitrogens with zero attached hydrogens (tertiary/aromatic N) is 1. The van der Waals surface area contributed by atoms with Crippen molar-refractivity contribution in [3.05, 3.63) is 0 Å². The summed E-state index contributed by atoms with van der Waals surface area (Å²) < 4.78 is 32.8. The highest BCUT2D eigenvalue weighted by Crippen LogP contribution is 1.99. The number of hydrogen-bond acceptors (Lipinski definition) is 7. The highest BCUT2D eigenvalue weighted by Gasteiger charge is 2.13. The first-order valence-corrected chi connectivity index (χ1v) is 12.0. The zero-order valence-electron chi connectivity index (χ0n) is 20.2. The average Bonchev–Trinajstić information content (AvgIpc) is 2.78. The minimum Gasteiger partial charge on any atom is -0.380 e. The van der Waals surface area contributed by atoms with Gasteiger partial charge in [0.05, 0.1) is 65.9 Å². The van der Waals surface area contributed by atoms with E-state index in [1.54, 1.807) is 0 Å². The molecule has 8 heteroatoms. The second-order valence-corrected chi connectivity index (χ2v) is 7.10. The van der Waals surface area contributed by atoms with Crippen molar-refractivity contribution in [2.24, 2.45) is 0 Å². The normalized spacial score (nSPS) is 11.2. The van der Waals surface area contributed by atoms with Gasteiger partial charge in [0.1, 0.15) is 0 Å². The molecule has 0 radical (unpaired) electrons. The van der Waals surface area contributed by atoms with Gasteiger partial charge in [0, 0.05) is 32.9 Å². The molecule has 0 aromatic heterocycles. The van der Waals surface area contributed by atoms with Crippen molar-refractivity contribution in [2.45, 2.75) is 52.9 Å². The largest absolute Gasteiger partial charge is 0.380 e. The summed E-state index contributed by atoms with van der Waals surface area (Å²) in [7, 11) is 0. The molecule has 0 aliphatic rings. The molecule has 0 N–H and O–H groups in total. The SMILES string of the molecule is CCCCOCCN(CCOCCCC)C(=O)CCOCCOCCOCCOCC. The molecule has 0 saturated heterocycles. The summed E-state index contributed by atoms with van der Waals surface area (Å²) >= 11 is 0. The molecule has 0 aromatic rings. The summed E-state index contributed by atoms with van der Waals surface area (Å²) in [6.45, 7) is 14.3. The van der Waals surface area contributed by atoms with Crippen LogP contribution in [0.15, 0.2) is 0 Å².